The Morgan fingerprint density at radius 1 is 1.22 bits per heavy atom. The Morgan fingerprint density at radius 3 is 2.74 bits per heavy atom. The molecule has 0 atom stereocenters. The van der Waals surface area contributed by atoms with Gasteiger partial charge in [-0.05, 0) is 36.8 Å². The highest BCUT2D eigenvalue weighted by atomic mass is 79.9. The summed E-state index contributed by atoms with van der Waals surface area (Å²) in [6, 6.07) is 13.1. The average Bonchev–Trinajstić information content (AvgIpc) is 3.17. The third-order valence-corrected chi connectivity index (χ3v) is 5.71. The summed E-state index contributed by atoms with van der Waals surface area (Å²) in [5, 5.41) is 4.14. The predicted molar refractivity (Wildman–Crippen MR) is 112 cm³/mol. The largest absolute Gasteiger partial charge is 0.338 e. The SMILES string of the molecule is Cn1c(C(=O)Nc2ccccc2N2CCCC2=O)c(Cl)c2cc(Br)ccc21. The second-order valence-electron chi connectivity index (χ2n) is 6.50. The number of carbonyl (C=O) groups excluding carboxylic acids is 2. The van der Waals surface area contributed by atoms with Crippen molar-refractivity contribution in [2.75, 3.05) is 16.8 Å². The highest BCUT2D eigenvalue weighted by molar-refractivity contribution is 9.10. The Morgan fingerprint density at radius 2 is 2.00 bits per heavy atom. The number of nitrogens with one attached hydrogen (secondary N) is 1. The lowest BCUT2D eigenvalue weighted by atomic mass is 10.2. The van der Waals surface area contributed by atoms with Crippen molar-refractivity contribution in [3.05, 3.63) is 57.7 Å². The molecule has 2 heterocycles. The van der Waals surface area contributed by atoms with Crippen molar-refractivity contribution in [3.8, 4) is 0 Å². The molecule has 1 aromatic heterocycles. The van der Waals surface area contributed by atoms with Crippen LogP contribution in [0.25, 0.3) is 10.9 Å². The number of aromatic nitrogens is 1. The maximum atomic E-state index is 13.0. The molecule has 0 spiro atoms. The van der Waals surface area contributed by atoms with E-state index in [-0.39, 0.29) is 11.8 Å². The fourth-order valence-electron chi connectivity index (χ4n) is 3.52. The van der Waals surface area contributed by atoms with E-state index in [1.807, 2.05) is 43.4 Å². The van der Waals surface area contributed by atoms with Crippen LogP contribution in [-0.2, 0) is 11.8 Å². The van der Waals surface area contributed by atoms with Crippen molar-refractivity contribution in [2.24, 2.45) is 7.05 Å². The molecule has 0 unspecified atom stereocenters. The molecule has 0 aliphatic carbocycles. The van der Waals surface area contributed by atoms with E-state index >= 15 is 0 Å². The zero-order valence-electron chi connectivity index (χ0n) is 14.6. The Balaban J connectivity index is 1.72. The number of anilines is 2. The predicted octanol–water partition coefficient (Wildman–Crippen LogP) is 4.97. The third-order valence-electron chi connectivity index (χ3n) is 4.83. The monoisotopic (exact) mass is 445 g/mol. The molecule has 1 N–H and O–H groups in total. The molecule has 0 radical (unpaired) electrons. The number of carbonyl (C=O) groups is 2. The van der Waals surface area contributed by atoms with Gasteiger partial charge in [-0.1, -0.05) is 39.7 Å². The summed E-state index contributed by atoms with van der Waals surface area (Å²) in [6.45, 7) is 0.661. The van der Waals surface area contributed by atoms with Gasteiger partial charge < -0.3 is 14.8 Å². The minimum absolute atomic E-state index is 0.0733. The lowest BCUT2D eigenvalue weighted by Gasteiger charge is -2.20. The van der Waals surface area contributed by atoms with Gasteiger partial charge in [-0.25, -0.2) is 0 Å². The zero-order valence-corrected chi connectivity index (χ0v) is 17.0. The molecular formula is C20H17BrClN3O2. The van der Waals surface area contributed by atoms with E-state index in [1.54, 1.807) is 15.5 Å². The smallest absolute Gasteiger partial charge is 0.273 e. The van der Waals surface area contributed by atoms with Crippen LogP contribution in [0.15, 0.2) is 46.9 Å². The molecule has 0 bridgehead atoms. The van der Waals surface area contributed by atoms with Crippen LogP contribution < -0.4 is 10.2 Å². The van der Waals surface area contributed by atoms with Crippen LogP contribution >= 0.6 is 27.5 Å². The first-order valence-corrected chi connectivity index (χ1v) is 9.78. The summed E-state index contributed by atoms with van der Waals surface area (Å²) in [6.07, 6.45) is 1.36. The van der Waals surface area contributed by atoms with Gasteiger partial charge in [0.25, 0.3) is 5.91 Å². The molecule has 1 aliphatic heterocycles. The van der Waals surface area contributed by atoms with E-state index in [1.165, 1.54) is 0 Å². The normalized spacial score (nSPS) is 14.2. The summed E-state index contributed by atoms with van der Waals surface area (Å²) in [5.74, 6) is -0.238. The minimum Gasteiger partial charge on any atom is -0.338 e. The lowest BCUT2D eigenvalue weighted by molar-refractivity contribution is -0.117. The molecule has 1 fully saturated rings. The molecule has 138 valence electrons. The lowest BCUT2D eigenvalue weighted by Crippen LogP contribution is -2.26. The number of aryl methyl sites for hydroxylation is 1. The standard InChI is InChI=1S/C20H17BrClN3O2/c1-24-15-9-8-12(21)11-13(15)18(22)19(24)20(27)23-14-5-2-3-6-16(14)25-10-4-7-17(25)26/h2-3,5-6,8-9,11H,4,7,10H2,1H3,(H,23,27). The zero-order chi connectivity index (χ0) is 19.1. The van der Waals surface area contributed by atoms with E-state index < -0.39 is 0 Å². The number of hydrogen-bond acceptors (Lipinski definition) is 2. The van der Waals surface area contributed by atoms with Gasteiger partial charge in [0.2, 0.25) is 5.91 Å². The number of amides is 2. The number of hydrogen-bond donors (Lipinski definition) is 1. The van der Waals surface area contributed by atoms with Crippen molar-refractivity contribution >= 4 is 61.6 Å². The van der Waals surface area contributed by atoms with Crippen molar-refractivity contribution in [3.63, 3.8) is 0 Å². The summed E-state index contributed by atoms with van der Waals surface area (Å²) in [5.41, 5.74) is 2.56. The fraction of sp³-hybridized carbons (Fsp3) is 0.200. The van der Waals surface area contributed by atoms with Gasteiger partial charge in [0, 0.05) is 35.4 Å². The number of para-hydroxylation sites is 2. The van der Waals surface area contributed by atoms with E-state index in [4.69, 9.17) is 11.6 Å². The quantitative estimate of drug-likeness (QED) is 0.617. The van der Waals surface area contributed by atoms with Gasteiger partial charge >= 0.3 is 0 Å². The Kier molecular flexibility index (Phi) is 4.70. The van der Waals surface area contributed by atoms with Crippen molar-refractivity contribution in [1.29, 1.82) is 0 Å². The van der Waals surface area contributed by atoms with Crippen LogP contribution in [-0.4, -0.2) is 22.9 Å². The second-order valence-corrected chi connectivity index (χ2v) is 7.80. The Labute approximate surface area is 170 Å². The first-order valence-electron chi connectivity index (χ1n) is 8.61. The highest BCUT2D eigenvalue weighted by Crippen LogP contribution is 2.34. The first-order chi connectivity index (χ1) is 13.0. The maximum absolute atomic E-state index is 13.0. The van der Waals surface area contributed by atoms with Crippen LogP contribution in [0.5, 0.6) is 0 Å². The first kappa shape index (κ1) is 18.1. The molecule has 3 aromatic rings. The molecule has 1 aliphatic rings. The molecule has 5 nitrogen and oxygen atoms in total. The van der Waals surface area contributed by atoms with Crippen LogP contribution in [0.4, 0.5) is 11.4 Å². The number of rotatable bonds is 3. The van der Waals surface area contributed by atoms with Gasteiger partial charge in [-0.15, -0.1) is 0 Å². The Bertz CT molecular complexity index is 1080. The van der Waals surface area contributed by atoms with Crippen LogP contribution in [0.3, 0.4) is 0 Å². The van der Waals surface area contributed by atoms with Gasteiger partial charge in [0.15, 0.2) is 0 Å². The van der Waals surface area contributed by atoms with Gasteiger partial charge in [0.1, 0.15) is 5.69 Å². The topological polar surface area (TPSA) is 54.3 Å². The molecule has 27 heavy (non-hydrogen) atoms. The van der Waals surface area contributed by atoms with Crippen LogP contribution in [0, 0.1) is 0 Å². The van der Waals surface area contributed by atoms with E-state index in [0.717, 1.165) is 21.8 Å². The van der Waals surface area contributed by atoms with E-state index in [0.29, 0.717) is 35.1 Å². The van der Waals surface area contributed by atoms with Crippen molar-refractivity contribution in [2.45, 2.75) is 12.8 Å². The van der Waals surface area contributed by atoms with Crippen LogP contribution in [0.1, 0.15) is 23.3 Å². The average molecular weight is 447 g/mol. The van der Waals surface area contributed by atoms with Gasteiger partial charge in [-0.3, -0.25) is 9.59 Å². The van der Waals surface area contributed by atoms with Gasteiger partial charge in [-0.2, -0.15) is 0 Å². The summed E-state index contributed by atoms with van der Waals surface area (Å²) in [7, 11) is 1.81. The highest BCUT2D eigenvalue weighted by Gasteiger charge is 2.26. The fourth-order valence-corrected chi connectivity index (χ4v) is 4.25. The number of benzene rings is 2. The number of fused-ring (bicyclic) bond motifs is 1. The summed E-state index contributed by atoms with van der Waals surface area (Å²) >= 11 is 9.96. The van der Waals surface area contributed by atoms with Crippen LogP contribution in [0.2, 0.25) is 5.02 Å². The molecule has 7 heteroatoms. The maximum Gasteiger partial charge on any atom is 0.273 e. The van der Waals surface area contributed by atoms with Crippen molar-refractivity contribution in [1.82, 2.24) is 4.57 Å². The molecule has 4 rings (SSSR count). The minimum atomic E-state index is -0.311. The van der Waals surface area contributed by atoms with Crippen molar-refractivity contribution < 1.29 is 9.59 Å². The molecule has 2 aromatic carbocycles. The third kappa shape index (κ3) is 3.13. The van der Waals surface area contributed by atoms with E-state index in [9.17, 15) is 9.59 Å². The summed E-state index contributed by atoms with van der Waals surface area (Å²) < 4.78 is 2.68. The number of nitrogens with zero attached hydrogens (tertiary/aromatic N) is 2. The molecular weight excluding hydrogens is 430 g/mol. The number of halogens is 2. The van der Waals surface area contributed by atoms with E-state index in [2.05, 4.69) is 21.2 Å². The summed E-state index contributed by atoms with van der Waals surface area (Å²) in [4.78, 5) is 26.9. The molecule has 0 saturated carbocycles. The Hall–Kier alpha value is -2.31. The van der Waals surface area contributed by atoms with Gasteiger partial charge in [0.05, 0.1) is 16.4 Å². The molecule has 1 saturated heterocycles. The second kappa shape index (κ2) is 7.02. The molecule has 2 amide bonds.